The topological polar surface area (TPSA) is 135 Å². The molecule has 4 rings (SSSR count). The monoisotopic (exact) mass is 420 g/mol. The third kappa shape index (κ3) is 3.73. The molecule has 1 aliphatic rings. The SMILES string of the molecule is C[C@]1(c2ccc3ccccc3c2)NC(=O)N(CC(=O)NCc2ccc(C(N)=O)o2)C1=O. The Balaban J connectivity index is 1.45. The number of amides is 5. The minimum atomic E-state index is -1.28. The number of carbonyl (C=O) groups is 4. The van der Waals surface area contributed by atoms with E-state index >= 15 is 0 Å². The van der Waals surface area contributed by atoms with Crippen LogP contribution in [0.4, 0.5) is 4.79 Å². The van der Waals surface area contributed by atoms with Crippen LogP contribution in [0.15, 0.2) is 59.0 Å². The highest BCUT2D eigenvalue weighted by molar-refractivity contribution is 6.09. The van der Waals surface area contributed by atoms with Crippen LogP contribution in [0.2, 0.25) is 0 Å². The van der Waals surface area contributed by atoms with Crippen molar-refractivity contribution in [2.24, 2.45) is 5.73 Å². The van der Waals surface area contributed by atoms with Crippen molar-refractivity contribution in [1.82, 2.24) is 15.5 Å². The van der Waals surface area contributed by atoms with Gasteiger partial charge in [-0.2, -0.15) is 0 Å². The lowest BCUT2D eigenvalue weighted by Gasteiger charge is -2.22. The predicted molar refractivity (Wildman–Crippen MR) is 111 cm³/mol. The highest BCUT2D eigenvalue weighted by Gasteiger charge is 2.49. The van der Waals surface area contributed by atoms with Crippen LogP contribution >= 0.6 is 0 Å². The van der Waals surface area contributed by atoms with E-state index in [2.05, 4.69) is 10.6 Å². The number of fused-ring (bicyclic) bond motifs is 1. The summed E-state index contributed by atoms with van der Waals surface area (Å²) in [6, 6.07) is 15.5. The van der Waals surface area contributed by atoms with Gasteiger partial charge in [-0.15, -0.1) is 0 Å². The molecule has 0 saturated carbocycles. The predicted octanol–water partition coefficient (Wildman–Crippen LogP) is 1.62. The van der Waals surface area contributed by atoms with Crippen LogP contribution in [0.1, 0.15) is 28.8 Å². The van der Waals surface area contributed by atoms with Crippen LogP contribution in [0, 0.1) is 0 Å². The lowest BCUT2D eigenvalue weighted by atomic mass is 9.90. The van der Waals surface area contributed by atoms with E-state index < -0.39 is 35.8 Å². The molecule has 4 N–H and O–H groups in total. The second kappa shape index (κ2) is 7.60. The van der Waals surface area contributed by atoms with Crippen LogP contribution in [-0.2, 0) is 21.7 Å². The van der Waals surface area contributed by atoms with Crippen molar-refractivity contribution < 1.29 is 23.6 Å². The third-order valence-electron chi connectivity index (χ3n) is 5.27. The van der Waals surface area contributed by atoms with Crippen LogP contribution in [-0.4, -0.2) is 35.2 Å². The number of urea groups is 1. The summed E-state index contributed by atoms with van der Waals surface area (Å²) in [5.74, 6) is -1.49. The van der Waals surface area contributed by atoms with E-state index in [4.69, 9.17) is 10.2 Å². The quantitative estimate of drug-likeness (QED) is 0.521. The van der Waals surface area contributed by atoms with Gasteiger partial charge in [0.15, 0.2) is 5.76 Å². The zero-order valence-electron chi connectivity index (χ0n) is 16.7. The largest absolute Gasteiger partial charge is 0.454 e. The Morgan fingerprint density at radius 3 is 2.55 bits per heavy atom. The first-order chi connectivity index (χ1) is 14.8. The molecule has 9 heteroatoms. The summed E-state index contributed by atoms with van der Waals surface area (Å²) in [6.07, 6.45) is 0. The maximum absolute atomic E-state index is 13.1. The van der Waals surface area contributed by atoms with Crippen molar-refractivity contribution in [1.29, 1.82) is 0 Å². The number of nitrogens with two attached hydrogens (primary N) is 1. The first kappa shape index (κ1) is 20.1. The van der Waals surface area contributed by atoms with Crippen molar-refractivity contribution in [2.45, 2.75) is 19.0 Å². The smallest absolute Gasteiger partial charge is 0.325 e. The zero-order valence-corrected chi connectivity index (χ0v) is 16.7. The average Bonchev–Trinajstić information content (AvgIpc) is 3.31. The summed E-state index contributed by atoms with van der Waals surface area (Å²) >= 11 is 0. The van der Waals surface area contributed by atoms with E-state index in [-0.39, 0.29) is 12.3 Å². The third-order valence-corrected chi connectivity index (χ3v) is 5.27. The number of furan rings is 1. The molecule has 0 unspecified atom stereocenters. The van der Waals surface area contributed by atoms with Gasteiger partial charge in [0, 0.05) is 0 Å². The van der Waals surface area contributed by atoms with Gasteiger partial charge in [0.2, 0.25) is 5.91 Å². The fourth-order valence-electron chi connectivity index (χ4n) is 3.53. The fourth-order valence-corrected chi connectivity index (χ4v) is 3.53. The van der Waals surface area contributed by atoms with E-state index in [1.165, 1.54) is 12.1 Å². The molecule has 1 saturated heterocycles. The van der Waals surface area contributed by atoms with E-state index in [0.717, 1.165) is 15.7 Å². The Morgan fingerprint density at radius 2 is 1.84 bits per heavy atom. The summed E-state index contributed by atoms with van der Waals surface area (Å²) < 4.78 is 5.18. The highest BCUT2D eigenvalue weighted by Crippen LogP contribution is 2.30. The fraction of sp³-hybridized carbons (Fsp3) is 0.182. The molecule has 5 amide bonds. The number of benzene rings is 2. The zero-order chi connectivity index (χ0) is 22.2. The van der Waals surface area contributed by atoms with E-state index in [1.807, 2.05) is 36.4 Å². The molecule has 2 aromatic carbocycles. The minimum absolute atomic E-state index is 0.0162. The molecule has 1 aliphatic heterocycles. The molecule has 0 radical (unpaired) electrons. The Kier molecular flexibility index (Phi) is 4.94. The van der Waals surface area contributed by atoms with Crippen molar-refractivity contribution in [3.8, 4) is 0 Å². The van der Waals surface area contributed by atoms with Gasteiger partial charge in [-0.05, 0) is 41.5 Å². The van der Waals surface area contributed by atoms with Crippen LogP contribution in [0.25, 0.3) is 10.8 Å². The van der Waals surface area contributed by atoms with Crippen molar-refractivity contribution in [3.05, 3.63) is 71.7 Å². The lowest BCUT2D eigenvalue weighted by Crippen LogP contribution is -2.43. The summed E-state index contributed by atoms with van der Waals surface area (Å²) in [4.78, 5) is 49.8. The Morgan fingerprint density at radius 1 is 1.10 bits per heavy atom. The molecule has 158 valence electrons. The Labute approximate surface area is 177 Å². The second-order valence-corrected chi connectivity index (χ2v) is 7.42. The number of hydrogen-bond acceptors (Lipinski definition) is 5. The van der Waals surface area contributed by atoms with Gasteiger partial charge < -0.3 is 20.8 Å². The van der Waals surface area contributed by atoms with Crippen molar-refractivity contribution in [3.63, 3.8) is 0 Å². The van der Waals surface area contributed by atoms with Crippen LogP contribution in [0.3, 0.4) is 0 Å². The van der Waals surface area contributed by atoms with Gasteiger partial charge in [-0.3, -0.25) is 19.3 Å². The number of hydrogen-bond donors (Lipinski definition) is 3. The molecular formula is C22H20N4O5. The van der Waals surface area contributed by atoms with Crippen molar-refractivity contribution in [2.75, 3.05) is 6.54 Å². The first-order valence-electron chi connectivity index (χ1n) is 9.56. The molecular weight excluding hydrogens is 400 g/mol. The van der Waals surface area contributed by atoms with Gasteiger partial charge in [0.1, 0.15) is 17.8 Å². The maximum Gasteiger partial charge on any atom is 0.325 e. The molecule has 2 heterocycles. The van der Waals surface area contributed by atoms with Gasteiger partial charge >= 0.3 is 6.03 Å². The van der Waals surface area contributed by atoms with Gasteiger partial charge in [-0.1, -0.05) is 36.4 Å². The molecule has 1 atom stereocenters. The first-order valence-corrected chi connectivity index (χ1v) is 9.56. The highest BCUT2D eigenvalue weighted by atomic mass is 16.4. The lowest BCUT2D eigenvalue weighted by molar-refractivity contribution is -0.134. The molecule has 0 aliphatic carbocycles. The van der Waals surface area contributed by atoms with Gasteiger partial charge in [0.25, 0.3) is 11.8 Å². The second-order valence-electron chi connectivity index (χ2n) is 7.42. The standard InChI is InChI=1S/C22H20N4O5/c1-22(15-7-6-13-4-2-3-5-14(13)10-15)20(29)26(21(30)25-22)12-18(27)24-11-16-8-9-17(31-16)19(23)28/h2-10H,11-12H2,1H3,(H2,23,28)(H,24,27)(H,25,30)/t22-/m1/s1. The molecule has 31 heavy (non-hydrogen) atoms. The normalized spacial score (nSPS) is 18.3. The number of carbonyl (C=O) groups excluding carboxylic acids is 4. The minimum Gasteiger partial charge on any atom is -0.454 e. The molecule has 3 aromatic rings. The molecule has 9 nitrogen and oxygen atoms in total. The van der Waals surface area contributed by atoms with Crippen LogP contribution < -0.4 is 16.4 Å². The molecule has 1 fully saturated rings. The molecule has 0 bridgehead atoms. The number of primary amides is 1. The summed E-state index contributed by atoms with van der Waals surface area (Å²) in [6.45, 7) is 1.15. The molecule has 1 aromatic heterocycles. The Bertz CT molecular complexity index is 1220. The average molecular weight is 420 g/mol. The summed E-state index contributed by atoms with van der Waals surface area (Å²) in [5.41, 5.74) is 4.47. The molecule has 0 spiro atoms. The Hall–Kier alpha value is -4.14. The van der Waals surface area contributed by atoms with Crippen LogP contribution in [0.5, 0.6) is 0 Å². The van der Waals surface area contributed by atoms with Gasteiger partial charge in [-0.25, -0.2) is 4.79 Å². The van der Waals surface area contributed by atoms with Crippen molar-refractivity contribution >= 4 is 34.5 Å². The number of imide groups is 1. The van der Waals surface area contributed by atoms with Gasteiger partial charge in [0.05, 0.1) is 6.54 Å². The number of nitrogens with zero attached hydrogens (tertiary/aromatic N) is 1. The maximum atomic E-state index is 13.1. The summed E-state index contributed by atoms with van der Waals surface area (Å²) in [5, 5.41) is 7.20. The van der Waals surface area contributed by atoms with E-state index in [9.17, 15) is 19.2 Å². The van der Waals surface area contributed by atoms with E-state index in [0.29, 0.717) is 11.3 Å². The number of rotatable bonds is 6. The summed E-state index contributed by atoms with van der Waals surface area (Å²) in [7, 11) is 0. The number of nitrogens with one attached hydrogen (secondary N) is 2. The van der Waals surface area contributed by atoms with E-state index in [1.54, 1.807) is 13.0 Å².